The van der Waals surface area contributed by atoms with Gasteiger partial charge in [0.15, 0.2) is 12.6 Å². The van der Waals surface area contributed by atoms with Crippen molar-refractivity contribution in [2.24, 2.45) is 0 Å². The second kappa shape index (κ2) is 9.52. The normalized spacial score (nSPS) is 45.5. The number of methoxy groups -OCH3 is 1. The molecule has 0 aromatic rings. The van der Waals surface area contributed by atoms with E-state index in [1.165, 1.54) is 14.0 Å². The van der Waals surface area contributed by atoms with E-state index in [1.807, 2.05) is 0 Å². The molecule has 2 rings (SSSR count). The third-order valence-electron chi connectivity index (χ3n) is 4.60. The lowest BCUT2D eigenvalue weighted by atomic mass is 9.95. The summed E-state index contributed by atoms with van der Waals surface area (Å²) in [5.74, 6) is -0.554. The summed E-state index contributed by atoms with van der Waals surface area (Å²) >= 11 is 0. The van der Waals surface area contributed by atoms with Gasteiger partial charge in [0, 0.05) is 14.0 Å². The molecule has 2 aliphatic heterocycles. The Kier molecular flexibility index (Phi) is 7.88. The molecule has 158 valence electrons. The SMILES string of the molecule is CO[C@H]1O[C@H](CO)[C@@H](O)[C@H](O[C@@H]2O[C@H](CO)[C@H](O)[C@H](O)[C@@H]2NC(C)=O)[C@H]1O. The summed E-state index contributed by atoms with van der Waals surface area (Å²) < 4.78 is 21.2. The molecule has 27 heavy (non-hydrogen) atoms. The molecule has 2 fully saturated rings. The second-order valence-electron chi connectivity index (χ2n) is 6.48. The molecule has 0 unspecified atom stereocenters. The van der Waals surface area contributed by atoms with E-state index in [1.54, 1.807) is 0 Å². The number of ether oxygens (including phenoxy) is 4. The average Bonchev–Trinajstić information content (AvgIpc) is 2.64. The Morgan fingerprint density at radius 2 is 1.48 bits per heavy atom. The van der Waals surface area contributed by atoms with Crippen LogP contribution in [0.1, 0.15) is 6.92 Å². The van der Waals surface area contributed by atoms with E-state index < -0.39 is 80.5 Å². The van der Waals surface area contributed by atoms with Gasteiger partial charge in [0.1, 0.15) is 48.8 Å². The number of amides is 1. The third kappa shape index (κ3) is 4.74. The van der Waals surface area contributed by atoms with Gasteiger partial charge in [-0.1, -0.05) is 0 Å². The fourth-order valence-electron chi connectivity index (χ4n) is 3.15. The predicted octanol–water partition coefficient (Wildman–Crippen LogP) is -4.60. The zero-order chi connectivity index (χ0) is 20.3. The van der Waals surface area contributed by atoms with E-state index >= 15 is 0 Å². The Morgan fingerprint density at radius 1 is 0.926 bits per heavy atom. The van der Waals surface area contributed by atoms with Gasteiger partial charge < -0.3 is 54.9 Å². The van der Waals surface area contributed by atoms with Crippen LogP contribution in [0.2, 0.25) is 0 Å². The highest BCUT2D eigenvalue weighted by molar-refractivity contribution is 5.73. The summed E-state index contributed by atoms with van der Waals surface area (Å²) in [5, 5.41) is 61.9. The highest BCUT2D eigenvalue weighted by Gasteiger charge is 2.51. The zero-order valence-electron chi connectivity index (χ0n) is 14.9. The number of aliphatic hydroxyl groups excluding tert-OH is 6. The van der Waals surface area contributed by atoms with Crippen molar-refractivity contribution in [3.05, 3.63) is 0 Å². The van der Waals surface area contributed by atoms with Crippen molar-refractivity contribution in [2.45, 2.75) is 68.3 Å². The van der Waals surface area contributed by atoms with E-state index in [4.69, 9.17) is 18.9 Å². The molecule has 0 spiro atoms. The standard InChI is InChI=1S/C15H27NO11/c1-5(19)16-8-11(22)9(20)6(3-17)25-14(8)27-13-10(21)7(4-18)26-15(24-2)12(13)23/h6-15,17-18,20-23H,3-4H2,1-2H3,(H,16,19)/t6-,7-,8+,9+,10-,11-,12-,13+,14+,15+/m1/s1. The Bertz CT molecular complexity index is 478. The highest BCUT2D eigenvalue weighted by atomic mass is 16.7. The van der Waals surface area contributed by atoms with Gasteiger partial charge in [0.2, 0.25) is 5.91 Å². The van der Waals surface area contributed by atoms with Crippen LogP contribution in [0.15, 0.2) is 0 Å². The maximum Gasteiger partial charge on any atom is 0.217 e. The van der Waals surface area contributed by atoms with E-state index in [0.717, 1.165) is 0 Å². The molecule has 12 nitrogen and oxygen atoms in total. The van der Waals surface area contributed by atoms with Crippen LogP contribution in [0.5, 0.6) is 0 Å². The van der Waals surface area contributed by atoms with Crippen molar-refractivity contribution in [1.82, 2.24) is 5.32 Å². The lowest BCUT2D eigenvalue weighted by molar-refractivity contribution is -0.344. The number of hydrogen-bond acceptors (Lipinski definition) is 11. The fraction of sp³-hybridized carbons (Fsp3) is 0.933. The molecule has 7 N–H and O–H groups in total. The average molecular weight is 397 g/mol. The molecular weight excluding hydrogens is 370 g/mol. The molecule has 12 heteroatoms. The van der Waals surface area contributed by atoms with Gasteiger partial charge in [-0.05, 0) is 0 Å². The van der Waals surface area contributed by atoms with Crippen LogP contribution in [0.4, 0.5) is 0 Å². The van der Waals surface area contributed by atoms with E-state index in [0.29, 0.717) is 0 Å². The number of carbonyl (C=O) groups is 1. The van der Waals surface area contributed by atoms with Gasteiger partial charge in [-0.15, -0.1) is 0 Å². The maximum atomic E-state index is 11.4. The second-order valence-corrected chi connectivity index (χ2v) is 6.48. The summed E-state index contributed by atoms with van der Waals surface area (Å²) in [6.07, 6.45) is -12.4. The van der Waals surface area contributed by atoms with Crippen LogP contribution in [0.25, 0.3) is 0 Å². The quantitative estimate of drug-likeness (QED) is 0.228. The van der Waals surface area contributed by atoms with Gasteiger partial charge >= 0.3 is 0 Å². The molecule has 0 aliphatic carbocycles. The van der Waals surface area contributed by atoms with Crippen LogP contribution < -0.4 is 5.32 Å². The molecule has 2 aliphatic rings. The number of nitrogens with one attached hydrogen (secondary N) is 1. The summed E-state index contributed by atoms with van der Waals surface area (Å²) in [7, 11) is 1.25. The first-order valence-electron chi connectivity index (χ1n) is 8.45. The van der Waals surface area contributed by atoms with Crippen LogP contribution in [0, 0.1) is 0 Å². The van der Waals surface area contributed by atoms with Crippen molar-refractivity contribution in [3.63, 3.8) is 0 Å². The first-order chi connectivity index (χ1) is 12.7. The largest absolute Gasteiger partial charge is 0.394 e. The molecule has 10 atom stereocenters. The molecule has 0 saturated carbocycles. The molecule has 0 radical (unpaired) electrons. The van der Waals surface area contributed by atoms with E-state index in [-0.39, 0.29) is 0 Å². The molecule has 1 amide bonds. The van der Waals surface area contributed by atoms with Crippen LogP contribution in [-0.2, 0) is 23.7 Å². The van der Waals surface area contributed by atoms with Crippen molar-refractivity contribution >= 4 is 5.91 Å². The summed E-state index contributed by atoms with van der Waals surface area (Å²) in [5.41, 5.74) is 0. The summed E-state index contributed by atoms with van der Waals surface area (Å²) in [6, 6.07) is -1.25. The monoisotopic (exact) mass is 397 g/mol. The molecule has 2 heterocycles. The zero-order valence-corrected chi connectivity index (χ0v) is 14.9. The molecule has 0 bridgehead atoms. The van der Waals surface area contributed by atoms with Gasteiger partial charge in [-0.3, -0.25) is 4.79 Å². The minimum Gasteiger partial charge on any atom is -0.394 e. The fourth-order valence-corrected chi connectivity index (χ4v) is 3.15. The van der Waals surface area contributed by atoms with Gasteiger partial charge in [0.05, 0.1) is 13.2 Å². The Morgan fingerprint density at radius 3 is 2.00 bits per heavy atom. The minimum atomic E-state index is -1.55. The summed E-state index contributed by atoms with van der Waals surface area (Å²) in [4.78, 5) is 11.4. The van der Waals surface area contributed by atoms with Gasteiger partial charge in [0.25, 0.3) is 0 Å². The Hall–Kier alpha value is -0.930. The van der Waals surface area contributed by atoms with Crippen molar-refractivity contribution in [1.29, 1.82) is 0 Å². The first kappa shape index (κ1) is 22.4. The van der Waals surface area contributed by atoms with E-state index in [9.17, 15) is 35.4 Å². The van der Waals surface area contributed by atoms with Gasteiger partial charge in [-0.25, -0.2) is 0 Å². The van der Waals surface area contributed by atoms with Gasteiger partial charge in [-0.2, -0.15) is 0 Å². The topological polar surface area (TPSA) is 187 Å². The Balaban J connectivity index is 2.24. The maximum absolute atomic E-state index is 11.4. The van der Waals surface area contributed by atoms with Crippen LogP contribution in [0.3, 0.4) is 0 Å². The third-order valence-corrected chi connectivity index (χ3v) is 4.60. The lowest BCUT2D eigenvalue weighted by Gasteiger charge is -2.46. The molecule has 0 aromatic heterocycles. The smallest absolute Gasteiger partial charge is 0.217 e. The number of carbonyl (C=O) groups excluding carboxylic acids is 1. The molecule has 0 aromatic carbocycles. The lowest BCUT2D eigenvalue weighted by Crippen LogP contribution is -2.67. The van der Waals surface area contributed by atoms with Crippen LogP contribution >= 0.6 is 0 Å². The van der Waals surface area contributed by atoms with Crippen molar-refractivity contribution in [3.8, 4) is 0 Å². The first-order valence-corrected chi connectivity index (χ1v) is 8.45. The van der Waals surface area contributed by atoms with E-state index in [2.05, 4.69) is 5.32 Å². The minimum absolute atomic E-state index is 0.554. The van der Waals surface area contributed by atoms with Crippen molar-refractivity contribution in [2.75, 3.05) is 20.3 Å². The summed E-state index contributed by atoms with van der Waals surface area (Å²) in [6.45, 7) is -0.0617. The molecule has 2 saturated heterocycles. The number of aliphatic hydroxyl groups is 6. The van der Waals surface area contributed by atoms with Crippen molar-refractivity contribution < 1.29 is 54.4 Å². The highest BCUT2D eigenvalue weighted by Crippen LogP contribution is 2.29. The molecular formula is C15H27NO11. The number of rotatable bonds is 6. The number of hydrogen-bond donors (Lipinski definition) is 7. The predicted molar refractivity (Wildman–Crippen MR) is 85.0 cm³/mol. The Labute approximate surface area is 155 Å². The van der Waals surface area contributed by atoms with Crippen LogP contribution in [-0.4, -0.2) is 118 Å².